The van der Waals surface area contributed by atoms with Gasteiger partial charge in [0.25, 0.3) is 0 Å². The van der Waals surface area contributed by atoms with Crippen LogP contribution >= 0.6 is 0 Å². The second-order valence-electron chi connectivity index (χ2n) is 9.43. The zero-order chi connectivity index (χ0) is 29.9. The maximum Gasteiger partial charge on any atom is 0.416 e. The molecule has 8 nitrogen and oxygen atoms in total. The Kier molecular flexibility index (Phi) is 12.3. The number of methoxy groups -OCH3 is 1. The zero-order valence-corrected chi connectivity index (χ0v) is 24.1. The van der Waals surface area contributed by atoms with Crippen LogP contribution in [-0.2, 0) is 32.3 Å². The monoisotopic (exact) mass is 585 g/mol. The lowest BCUT2D eigenvalue weighted by Crippen LogP contribution is -2.49. The fraction of sp³-hybridized carbons (Fsp3) is 0.500. The fourth-order valence-corrected chi connectivity index (χ4v) is 5.19. The van der Waals surface area contributed by atoms with Crippen molar-refractivity contribution in [3.63, 3.8) is 0 Å². The normalized spacial score (nSPS) is 12.5. The zero-order valence-electron chi connectivity index (χ0n) is 23.3. The number of benzene rings is 2. The minimum atomic E-state index is -4.64. The molecule has 0 bridgehead atoms. The molecule has 0 spiro atoms. The summed E-state index contributed by atoms with van der Waals surface area (Å²) >= 11 is 0. The Morgan fingerprint density at radius 2 is 1.75 bits per heavy atom. The SMILES string of the molecule is CCCCNC(=O)[C@H](CC)N(Cc1cccc(OC)c1)C(=O)CCCN(c1cccc(C(F)(F)F)c1)S(C)(=O)=O. The second-order valence-corrected chi connectivity index (χ2v) is 11.3. The van der Waals surface area contributed by atoms with E-state index in [-0.39, 0.29) is 43.4 Å². The minimum Gasteiger partial charge on any atom is -0.497 e. The van der Waals surface area contributed by atoms with E-state index in [1.54, 1.807) is 25.1 Å². The lowest BCUT2D eigenvalue weighted by molar-refractivity contribution is -0.141. The highest BCUT2D eigenvalue weighted by molar-refractivity contribution is 7.92. The van der Waals surface area contributed by atoms with Gasteiger partial charge in [-0.15, -0.1) is 0 Å². The van der Waals surface area contributed by atoms with Gasteiger partial charge in [0.15, 0.2) is 0 Å². The van der Waals surface area contributed by atoms with E-state index in [0.29, 0.717) is 18.7 Å². The van der Waals surface area contributed by atoms with Crippen LogP contribution in [0.4, 0.5) is 18.9 Å². The molecule has 0 fully saturated rings. The van der Waals surface area contributed by atoms with Crippen molar-refractivity contribution in [3.8, 4) is 5.75 Å². The Balaban J connectivity index is 2.26. The van der Waals surface area contributed by atoms with Gasteiger partial charge in [0, 0.05) is 26.1 Å². The van der Waals surface area contributed by atoms with Crippen molar-refractivity contribution in [3.05, 3.63) is 59.7 Å². The Morgan fingerprint density at radius 3 is 2.35 bits per heavy atom. The summed E-state index contributed by atoms with van der Waals surface area (Å²) < 4.78 is 70.7. The van der Waals surface area contributed by atoms with Crippen LogP contribution in [0, 0.1) is 0 Å². The molecule has 0 unspecified atom stereocenters. The summed E-state index contributed by atoms with van der Waals surface area (Å²) in [4.78, 5) is 28.0. The van der Waals surface area contributed by atoms with Gasteiger partial charge in [-0.05, 0) is 55.2 Å². The fourth-order valence-electron chi connectivity index (χ4n) is 4.23. The molecule has 2 aromatic carbocycles. The summed E-state index contributed by atoms with van der Waals surface area (Å²) in [6.07, 6.45) is -1.78. The van der Waals surface area contributed by atoms with Crippen molar-refractivity contribution in [2.75, 3.05) is 30.8 Å². The number of hydrogen-bond acceptors (Lipinski definition) is 5. The molecule has 2 aromatic rings. The first kappa shape index (κ1) is 32.9. The largest absolute Gasteiger partial charge is 0.497 e. The van der Waals surface area contributed by atoms with Crippen LogP contribution in [0.15, 0.2) is 48.5 Å². The molecule has 2 rings (SSSR count). The van der Waals surface area contributed by atoms with E-state index in [0.717, 1.165) is 47.2 Å². The van der Waals surface area contributed by atoms with Crippen LogP contribution in [0.1, 0.15) is 57.1 Å². The first-order valence-corrected chi connectivity index (χ1v) is 15.0. The number of ether oxygens (including phenoxy) is 1. The summed E-state index contributed by atoms with van der Waals surface area (Å²) in [5, 5.41) is 2.87. The smallest absolute Gasteiger partial charge is 0.416 e. The van der Waals surface area contributed by atoms with Crippen LogP contribution in [0.2, 0.25) is 0 Å². The molecule has 40 heavy (non-hydrogen) atoms. The maximum absolute atomic E-state index is 13.5. The minimum absolute atomic E-state index is 0.0324. The third-order valence-electron chi connectivity index (χ3n) is 6.32. The van der Waals surface area contributed by atoms with E-state index < -0.39 is 27.8 Å². The van der Waals surface area contributed by atoms with Crippen LogP contribution in [0.25, 0.3) is 0 Å². The lowest BCUT2D eigenvalue weighted by Gasteiger charge is -2.31. The summed E-state index contributed by atoms with van der Waals surface area (Å²) in [5.74, 6) is -0.0676. The van der Waals surface area contributed by atoms with Crippen LogP contribution in [-0.4, -0.2) is 57.6 Å². The molecule has 2 amide bonds. The van der Waals surface area contributed by atoms with Crippen molar-refractivity contribution < 1.29 is 35.9 Å². The standard InChI is InChI=1S/C28H38F3N3O5S/c1-5-7-16-32-27(36)25(6-2)33(20-21-11-8-14-24(18-21)39-3)26(35)15-10-17-34(40(4,37)38)23-13-9-12-22(19-23)28(29,30)31/h8-9,11-14,18-19,25H,5-7,10,15-17,20H2,1-4H3,(H,32,36)/t25-/m0/s1. The molecule has 0 aliphatic carbocycles. The van der Waals surface area contributed by atoms with Crippen LogP contribution in [0.3, 0.4) is 0 Å². The topological polar surface area (TPSA) is 96.0 Å². The second kappa shape index (κ2) is 14.9. The Morgan fingerprint density at radius 1 is 1.05 bits per heavy atom. The number of anilines is 1. The van der Waals surface area contributed by atoms with E-state index in [1.165, 1.54) is 18.1 Å². The number of hydrogen-bond donors (Lipinski definition) is 1. The number of carbonyl (C=O) groups excluding carboxylic acids is 2. The van der Waals surface area contributed by atoms with Crippen LogP contribution < -0.4 is 14.4 Å². The lowest BCUT2D eigenvalue weighted by atomic mass is 10.1. The van der Waals surface area contributed by atoms with Crippen molar-refractivity contribution in [1.29, 1.82) is 0 Å². The third kappa shape index (κ3) is 9.72. The Labute approximate surface area is 234 Å². The van der Waals surface area contributed by atoms with Gasteiger partial charge >= 0.3 is 6.18 Å². The molecule has 0 aliphatic rings. The number of sulfonamides is 1. The van der Waals surface area contributed by atoms with Gasteiger partial charge < -0.3 is 15.0 Å². The summed E-state index contributed by atoms with van der Waals surface area (Å²) in [5.41, 5.74) is -0.368. The van der Waals surface area contributed by atoms with Crippen molar-refractivity contribution in [2.45, 2.75) is 64.7 Å². The van der Waals surface area contributed by atoms with Gasteiger partial charge in [0.1, 0.15) is 11.8 Å². The molecular weight excluding hydrogens is 547 g/mol. The molecule has 0 aliphatic heterocycles. The van der Waals surface area contributed by atoms with E-state index in [2.05, 4.69) is 5.32 Å². The number of amides is 2. The molecule has 1 atom stereocenters. The number of nitrogens with one attached hydrogen (secondary N) is 1. The van der Waals surface area contributed by atoms with E-state index in [9.17, 15) is 31.2 Å². The first-order valence-electron chi connectivity index (χ1n) is 13.2. The molecular formula is C28H38F3N3O5S. The highest BCUT2D eigenvalue weighted by Gasteiger charge is 2.32. The van der Waals surface area contributed by atoms with E-state index in [4.69, 9.17) is 4.74 Å². The highest BCUT2D eigenvalue weighted by Crippen LogP contribution is 2.32. The highest BCUT2D eigenvalue weighted by atomic mass is 32.2. The van der Waals surface area contributed by atoms with Crippen molar-refractivity contribution >= 4 is 27.5 Å². The predicted molar refractivity (Wildman–Crippen MR) is 148 cm³/mol. The predicted octanol–water partition coefficient (Wildman–Crippen LogP) is 4.98. The number of nitrogens with zero attached hydrogens (tertiary/aromatic N) is 2. The average molecular weight is 586 g/mol. The third-order valence-corrected chi connectivity index (χ3v) is 7.51. The molecule has 222 valence electrons. The van der Waals surface area contributed by atoms with Gasteiger partial charge in [-0.1, -0.05) is 38.5 Å². The van der Waals surface area contributed by atoms with Crippen molar-refractivity contribution in [1.82, 2.24) is 10.2 Å². The molecule has 0 saturated heterocycles. The molecule has 0 saturated carbocycles. The number of alkyl halides is 3. The average Bonchev–Trinajstić information content (AvgIpc) is 2.90. The van der Waals surface area contributed by atoms with Gasteiger partial charge in [0.05, 0.1) is 24.6 Å². The first-order chi connectivity index (χ1) is 18.8. The Bertz CT molecular complexity index is 1240. The van der Waals surface area contributed by atoms with Crippen molar-refractivity contribution in [2.24, 2.45) is 0 Å². The molecule has 0 aromatic heterocycles. The van der Waals surface area contributed by atoms with Gasteiger partial charge in [-0.3, -0.25) is 13.9 Å². The quantitative estimate of drug-likeness (QED) is 0.298. The molecule has 12 heteroatoms. The van der Waals surface area contributed by atoms with E-state index >= 15 is 0 Å². The summed E-state index contributed by atoms with van der Waals surface area (Å²) in [6, 6.07) is 10.4. The molecule has 0 heterocycles. The van der Waals surface area contributed by atoms with E-state index in [1.807, 2.05) is 13.0 Å². The Hall–Kier alpha value is -3.28. The number of halogens is 3. The van der Waals surface area contributed by atoms with Gasteiger partial charge in [-0.25, -0.2) is 8.42 Å². The number of unbranched alkanes of at least 4 members (excludes halogenated alkanes) is 1. The summed E-state index contributed by atoms with van der Waals surface area (Å²) in [7, 11) is -2.42. The van der Waals surface area contributed by atoms with Gasteiger partial charge in [-0.2, -0.15) is 13.2 Å². The molecule has 1 N–H and O–H groups in total. The van der Waals surface area contributed by atoms with Gasteiger partial charge in [0.2, 0.25) is 21.8 Å². The number of rotatable bonds is 15. The molecule has 0 radical (unpaired) electrons. The summed E-state index contributed by atoms with van der Waals surface area (Å²) in [6.45, 7) is 4.20. The number of carbonyl (C=O) groups is 2. The van der Waals surface area contributed by atoms with Crippen LogP contribution in [0.5, 0.6) is 5.75 Å². The maximum atomic E-state index is 13.5.